The lowest BCUT2D eigenvalue weighted by Crippen LogP contribution is -2.49. The molecule has 0 saturated carbocycles. The van der Waals surface area contributed by atoms with Gasteiger partial charge in [0.05, 0.1) is 0 Å². The van der Waals surface area contributed by atoms with Crippen molar-refractivity contribution in [3.05, 3.63) is 77.6 Å². The molecule has 6 heteroatoms. The highest BCUT2D eigenvalue weighted by Gasteiger charge is 2.20. The van der Waals surface area contributed by atoms with E-state index in [0.29, 0.717) is 18.7 Å². The maximum absolute atomic E-state index is 12.9. The van der Waals surface area contributed by atoms with Gasteiger partial charge in [-0.3, -0.25) is 14.5 Å². The number of amides is 2. The van der Waals surface area contributed by atoms with Gasteiger partial charge in [0.2, 0.25) is 5.91 Å². The van der Waals surface area contributed by atoms with E-state index in [1.807, 2.05) is 23.1 Å². The Morgan fingerprint density at radius 2 is 1.66 bits per heavy atom. The SMILES string of the molecule is O=C(NCCC(=O)N1CCN(C/C=C/c2ccccc2)CC1)c1ccc(F)cc1. The summed E-state index contributed by atoms with van der Waals surface area (Å²) in [5.41, 5.74) is 1.57. The van der Waals surface area contributed by atoms with E-state index in [0.717, 1.165) is 19.6 Å². The minimum Gasteiger partial charge on any atom is -0.352 e. The lowest BCUT2D eigenvalue weighted by atomic mass is 10.2. The molecule has 0 bridgehead atoms. The fraction of sp³-hybridized carbons (Fsp3) is 0.304. The third kappa shape index (κ3) is 6.54. The maximum atomic E-state index is 12.9. The number of hydrogen-bond acceptors (Lipinski definition) is 3. The van der Waals surface area contributed by atoms with Crippen molar-refractivity contribution in [2.75, 3.05) is 39.3 Å². The number of nitrogens with one attached hydrogen (secondary N) is 1. The van der Waals surface area contributed by atoms with Crippen LogP contribution in [0.3, 0.4) is 0 Å². The third-order valence-corrected chi connectivity index (χ3v) is 4.93. The molecule has 5 nitrogen and oxygen atoms in total. The second-order valence-electron chi connectivity index (χ2n) is 7.01. The smallest absolute Gasteiger partial charge is 0.251 e. The molecule has 0 radical (unpaired) electrons. The molecule has 0 aromatic heterocycles. The molecule has 1 saturated heterocycles. The highest BCUT2D eigenvalue weighted by Crippen LogP contribution is 2.06. The van der Waals surface area contributed by atoms with E-state index < -0.39 is 0 Å². The summed E-state index contributed by atoms with van der Waals surface area (Å²) in [5.74, 6) is -0.636. The molecule has 0 aliphatic carbocycles. The fourth-order valence-electron chi connectivity index (χ4n) is 3.23. The fourth-order valence-corrected chi connectivity index (χ4v) is 3.23. The summed E-state index contributed by atoms with van der Waals surface area (Å²) in [6.07, 6.45) is 4.53. The van der Waals surface area contributed by atoms with Crippen molar-refractivity contribution in [3.63, 3.8) is 0 Å². The first-order valence-electron chi connectivity index (χ1n) is 9.87. The van der Waals surface area contributed by atoms with Crippen LogP contribution in [0.4, 0.5) is 4.39 Å². The maximum Gasteiger partial charge on any atom is 0.251 e. The molecule has 29 heavy (non-hydrogen) atoms. The van der Waals surface area contributed by atoms with Crippen LogP contribution >= 0.6 is 0 Å². The molecule has 1 heterocycles. The van der Waals surface area contributed by atoms with Crippen molar-refractivity contribution in [1.29, 1.82) is 0 Å². The largest absolute Gasteiger partial charge is 0.352 e. The average Bonchev–Trinajstić information content (AvgIpc) is 2.75. The summed E-state index contributed by atoms with van der Waals surface area (Å²) < 4.78 is 12.9. The minimum atomic E-state index is -0.383. The molecule has 1 N–H and O–H groups in total. The summed E-state index contributed by atoms with van der Waals surface area (Å²) >= 11 is 0. The first-order valence-corrected chi connectivity index (χ1v) is 9.87. The predicted octanol–water partition coefficient (Wildman–Crippen LogP) is 2.80. The van der Waals surface area contributed by atoms with E-state index in [-0.39, 0.29) is 30.6 Å². The lowest BCUT2D eigenvalue weighted by Gasteiger charge is -2.34. The quantitative estimate of drug-likeness (QED) is 0.784. The number of carbonyl (C=O) groups is 2. The highest BCUT2D eigenvalue weighted by atomic mass is 19.1. The Morgan fingerprint density at radius 3 is 2.34 bits per heavy atom. The van der Waals surface area contributed by atoms with Crippen LogP contribution in [-0.2, 0) is 4.79 Å². The van der Waals surface area contributed by atoms with Crippen molar-refractivity contribution < 1.29 is 14.0 Å². The van der Waals surface area contributed by atoms with E-state index in [1.54, 1.807) is 0 Å². The molecular weight excluding hydrogens is 369 g/mol. The van der Waals surface area contributed by atoms with Crippen LogP contribution in [0.2, 0.25) is 0 Å². The summed E-state index contributed by atoms with van der Waals surface area (Å²) in [7, 11) is 0. The van der Waals surface area contributed by atoms with Crippen molar-refractivity contribution in [2.24, 2.45) is 0 Å². The standard InChI is InChI=1S/C23H26FN3O2/c24-21-10-8-20(9-11-21)23(29)25-13-12-22(28)27-17-15-26(16-18-27)14-4-7-19-5-2-1-3-6-19/h1-11H,12-18H2,(H,25,29)/b7-4+. The number of rotatable bonds is 7. The van der Waals surface area contributed by atoms with E-state index in [9.17, 15) is 14.0 Å². The summed E-state index contributed by atoms with van der Waals surface area (Å²) in [6.45, 7) is 4.22. The molecule has 0 atom stereocenters. The van der Waals surface area contributed by atoms with Gasteiger partial charge in [0.1, 0.15) is 5.82 Å². The highest BCUT2D eigenvalue weighted by molar-refractivity contribution is 5.94. The summed E-state index contributed by atoms with van der Waals surface area (Å²) in [6, 6.07) is 15.5. The second-order valence-corrected chi connectivity index (χ2v) is 7.01. The van der Waals surface area contributed by atoms with Gasteiger partial charge in [0.15, 0.2) is 0 Å². The average molecular weight is 395 g/mol. The van der Waals surface area contributed by atoms with Crippen LogP contribution in [0.25, 0.3) is 6.08 Å². The molecule has 1 aliphatic heterocycles. The predicted molar refractivity (Wildman–Crippen MR) is 112 cm³/mol. The minimum absolute atomic E-state index is 0.0453. The number of nitrogens with zero attached hydrogens (tertiary/aromatic N) is 2. The van der Waals surface area contributed by atoms with E-state index in [2.05, 4.69) is 34.5 Å². The van der Waals surface area contributed by atoms with E-state index >= 15 is 0 Å². The normalized spacial score (nSPS) is 14.9. The topological polar surface area (TPSA) is 52.7 Å². The molecule has 2 aromatic rings. The first kappa shape index (κ1) is 20.7. The number of piperazine rings is 1. The van der Waals surface area contributed by atoms with E-state index in [1.165, 1.54) is 29.8 Å². The van der Waals surface area contributed by atoms with Gasteiger partial charge >= 0.3 is 0 Å². The molecule has 3 rings (SSSR count). The molecule has 1 aliphatic rings. The van der Waals surface area contributed by atoms with Crippen LogP contribution in [-0.4, -0.2) is 60.9 Å². The Morgan fingerprint density at radius 1 is 0.966 bits per heavy atom. The van der Waals surface area contributed by atoms with Gasteiger partial charge in [-0.1, -0.05) is 42.5 Å². The Bertz CT molecular complexity index is 829. The van der Waals surface area contributed by atoms with Crippen LogP contribution in [0.5, 0.6) is 0 Å². The van der Waals surface area contributed by atoms with Gasteiger partial charge in [-0.25, -0.2) is 4.39 Å². The number of halogens is 1. The Balaban J connectivity index is 1.34. The van der Waals surface area contributed by atoms with Crippen molar-refractivity contribution >= 4 is 17.9 Å². The lowest BCUT2D eigenvalue weighted by molar-refractivity contribution is -0.132. The van der Waals surface area contributed by atoms with Crippen LogP contribution in [0.1, 0.15) is 22.3 Å². The van der Waals surface area contributed by atoms with Gasteiger partial charge < -0.3 is 10.2 Å². The number of benzene rings is 2. The number of hydrogen-bond donors (Lipinski definition) is 1. The second kappa shape index (κ2) is 10.5. The summed E-state index contributed by atoms with van der Waals surface area (Å²) in [4.78, 5) is 28.5. The van der Waals surface area contributed by atoms with Gasteiger partial charge in [-0.05, 0) is 29.8 Å². The van der Waals surface area contributed by atoms with Gasteiger partial charge in [0, 0.05) is 51.3 Å². The zero-order valence-corrected chi connectivity index (χ0v) is 16.4. The van der Waals surface area contributed by atoms with Crippen LogP contribution < -0.4 is 5.32 Å². The monoisotopic (exact) mass is 395 g/mol. The van der Waals surface area contributed by atoms with Crippen molar-refractivity contribution in [2.45, 2.75) is 6.42 Å². The zero-order chi connectivity index (χ0) is 20.5. The molecule has 2 aromatic carbocycles. The molecule has 0 spiro atoms. The molecule has 0 unspecified atom stereocenters. The van der Waals surface area contributed by atoms with Crippen molar-refractivity contribution in [1.82, 2.24) is 15.1 Å². The zero-order valence-electron chi connectivity index (χ0n) is 16.4. The van der Waals surface area contributed by atoms with Crippen LogP contribution in [0.15, 0.2) is 60.7 Å². The molecule has 1 fully saturated rings. The van der Waals surface area contributed by atoms with Gasteiger partial charge in [-0.15, -0.1) is 0 Å². The van der Waals surface area contributed by atoms with E-state index in [4.69, 9.17) is 0 Å². The van der Waals surface area contributed by atoms with Gasteiger partial charge in [0.25, 0.3) is 5.91 Å². The number of carbonyl (C=O) groups excluding carboxylic acids is 2. The Kier molecular flexibility index (Phi) is 7.53. The third-order valence-electron chi connectivity index (χ3n) is 4.93. The summed E-state index contributed by atoms with van der Waals surface area (Å²) in [5, 5.41) is 2.71. The molecule has 152 valence electrons. The van der Waals surface area contributed by atoms with Crippen molar-refractivity contribution in [3.8, 4) is 0 Å². The Labute approximate surface area is 170 Å². The molecule has 2 amide bonds. The molecular formula is C23H26FN3O2. The van der Waals surface area contributed by atoms with Gasteiger partial charge in [-0.2, -0.15) is 0 Å². The first-order chi connectivity index (χ1) is 14.1. The van der Waals surface area contributed by atoms with Crippen LogP contribution in [0, 0.1) is 5.82 Å². The Hall–Kier alpha value is -2.99.